The molecule has 308 valence electrons. The van der Waals surface area contributed by atoms with E-state index < -0.39 is 0 Å². The molecule has 0 amide bonds. The molecule has 0 aliphatic rings. The van der Waals surface area contributed by atoms with Crippen LogP contribution in [0.25, 0.3) is 73.0 Å². The molecule has 10 rings (SSSR count). The van der Waals surface area contributed by atoms with E-state index in [9.17, 15) is 0 Å². The van der Waals surface area contributed by atoms with Crippen molar-refractivity contribution >= 4 is 0 Å². The molecule has 0 radical (unpaired) electrons. The molecule has 10 aromatic rings. The maximum Gasteiger partial charge on any atom is 3.00 e. The van der Waals surface area contributed by atoms with Crippen molar-refractivity contribution in [3.05, 3.63) is 247 Å². The van der Waals surface area contributed by atoms with Crippen LogP contribution in [-0.2, 0) is 45.8 Å². The zero-order valence-electron chi connectivity index (χ0n) is 35.0. The van der Waals surface area contributed by atoms with Gasteiger partial charge < -0.3 is 19.5 Å². The summed E-state index contributed by atoms with van der Waals surface area (Å²) in [5, 5.41) is 0. The molecule has 6 aromatic carbocycles. The first-order chi connectivity index (χ1) is 31.2. The summed E-state index contributed by atoms with van der Waals surface area (Å²) in [5.74, 6) is 0. The number of aryl methyl sites for hydroxylation is 4. The zero-order chi connectivity index (χ0) is 42.2. The van der Waals surface area contributed by atoms with E-state index in [1.807, 2.05) is 85.7 Å². The fourth-order valence-corrected chi connectivity index (χ4v) is 8.12. The van der Waals surface area contributed by atoms with Gasteiger partial charge in [-0.15, -0.1) is 94.5 Å². The molecule has 0 unspecified atom stereocenters. The summed E-state index contributed by atoms with van der Waals surface area (Å²) < 4.78 is 2.23. The summed E-state index contributed by atoms with van der Waals surface area (Å²) in [7, 11) is 0. The Morgan fingerprint density at radius 3 is 1.44 bits per heavy atom. The van der Waals surface area contributed by atoms with Crippen LogP contribution in [0, 0.1) is 18.2 Å². The summed E-state index contributed by atoms with van der Waals surface area (Å²) in [6.45, 7) is 0. The van der Waals surface area contributed by atoms with Crippen LogP contribution in [0.2, 0.25) is 0 Å². The van der Waals surface area contributed by atoms with E-state index in [1.54, 1.807) is 0 Å². The quantitative estimate of drug-likeness (QED) is 0.108. The minimum Gasteiger partial charge on any atom is -0.308 e. The van der Waals surface area contributed by atoms with Crippen LogP contribution >= 0.6 is 0 Å². The van der Waals surface area contributed by atoms with Gasteiger partial charge in [0.2, 0.25) is 0 Å². The normalized spacial score (nSPS) is 10.9. The van der Waals surface area contributed by atoms with Crippen molar-refractivity contribution in [2.24, 2.45) is 0 Å². The molecule has 0 spiro atoms. The molecule has 0 saturated heterocycles. The molecule has 0 aliphatic carbocycles. The molecule has 0 bridgehead atoms. The molecule has 0 fully saturated rings. The van der Waals surface area contributed by atoms with Gasteiger partial charge in [0.05, 0.1) is 6.33 Å². The van der Waals surface area contributed by atoms with Crippen molar-refractivity contribution in [3.8, 4) is 73.0 Å². The second-order valence-electron chi connectivity index (χ2n) is 15.6. The monoisotopic (exact) mass is 1000 g/mol. The molecular formula is C58H42IrN5. The van der Waals surface area contributed by atoms with E-state index in [0.717, 1.165) is 87.5 Å². The SMILES string of the molecule is [Ir+3].[c-]1cc(CCc2cc(CCc3c[c-]c(-c4ccccn4)cc3)cc(-n3cncc3-c3c[c-]c(-c4ccccn4)cc3-c3ccc(-c4ccccc4)cc3)c2)ccc1-c1ccccn1. The Bertz CT molecular complexity index is 2960. The summed E-state index contributed by atoms with van der Waals surface area (Å²) in [6.07, 6.45) is 12.9. The molecule has 0 aliphatic heterocycles. The molecule has 4 heterocycles. The fraction of sp³-hybridized carbons (Fsp3) is 0.0690. The Kier molecular flexibility index (Phi) is 13.0. The van der Waals surface area contributed by atoms with Gasteiger partial charge in [-0.2, -0.15) is 0 Å². The number of rotatable bonds is 13. The molecule has 0 N–H and O–H groups in total. The van der Waals surface area contributed by atoms with E-state index in [4.69, 9.17) is 4.98 Å². The van der Waals surface area contributed by atoms with Gasteiger partial charge in [0.15, 0.2) is 0 Å². The van der Waals surface area contributed by atoms with Gasteiger partial charge in [0, 0.05) is 36.2 Å². The fourth-order valence-electron chi connectivity index (χ4n) is 8.12. The van der Waals surface area contributed by atoms with Crippen LogP contribution in [0.15, 0.2) is 207 Å². The van der Waals surface area contributed by atoms with Gasteiger partial charge in [-0.1, -0.05) is 121 Å². The van der Waals surface area contributed by atoms with Gasteiger partial charge in [-0.05, 0) is 88.1 Å². The number of pyridine rings is 3. The second kappa shape index (κ2) is 19.8. The van der Waals surface area contributed by atoms with Gasteiger partial charge >= 0.3 is 20.1 Å². The number of aromatic nitrogens is 5. The van der Waals surface area contributed by atoms with E-state index in [2.05, 4.69) is 159 Å². The minimum absolute atomic E-state index is 0. The van der Waals surface area contributed by atoms with Crippen LogP contribution < -0.4 is 0 Å². The molecule has 0 atom stereocenters. The number of imidazole rings is 1. The number of hydrogen-bond donors (Lipinski definition) is 0. The molecule has 6 heteroatoms. The van der Waals surface area contributed by atoms with Crippen molar-refractivity contribution in [1.82, 2.24) is 24.5 Å². The third kappa shape index (κ3) is 9.65. The van der Waals surface area contributed by atoms with Crippen molar-refractivity contribution in [1.29, 1.82) is 0 Å². The molecule has 0 saturated carbocycles. The molecule has 5 nitrogen and oxygen atoms in total. The number of benzene rings is 6. The summed E-state index contributed by atoms with van der Waals surface area (Å²) >= 11 is 0. The largest absolute Gasteiger partial charge is 3.00 e. The van der Waals surface area contributed by atoms with Gasteiger partial charge in [-0.3, -0.25) is 0 Å². The molecular weight excluding hydrogens is 959 g/mol. The molecule has 4 aromatic heterocycles. The summed E-state index contributed by atoms with van der Waals surface area (Å²) in [6, 6.07) is 71.9. The summed E-state index contributed by atoms with van der Waals surface area (Å²) in [5.41, 5.74) is 18.3. The van der Waals surface area contributed by atoms with E-state index >= 15 is 0 Å². The van der Waals surface area contributed by atoms with Crippen molar-refractivity contribution < 1.29 is 20.1 Å². The third-order valence-corrected chi connectivity index (χ3v) is 11.5. The topological polar surface area (TPSA) is 56.5 Å². The Balaban J connectivity index is 0.00000518. The molecule has 64 heavy (non-hydrogen) atoms. The first-order valence-electron chi connectivity index (χ1n) is 21.3. The average Bonchev–Trinajstić information content (AvgIpc) is 3.87. The summed E-state index contributed by atoms with van der Waals surface area (Å²) in [4.78, 5) is 18.5. The van der Waals surface area contributed by atoms with Crippen molar-refractivity contribution in [2.45, 2.75) is 25.7 Å². The zero-order valence-corrected chi connectivity index (χ0v) is 37.4. The average molecular weight is 1000 g/mol. The smallest absolute Gasteiger partial charge is 0.308 e. The van der Waals surface area contributed by atoms with Crippen LogP contribution in [-0.4, -0.2) is 24.5 Å². The first-order valence-corrected chi connectivity index (χ1v) is 21.3. The Hall–Kier alpha value is -7.37. The van der Waals surface area contributed by atoms with E-state index in [1.165, 1.54) is 33.4 Å². The predicted molar refractivity (Wildman–Crippen MR) is 254 cm³/mol. The van der Waals surface area contributed by atoms with Crippen LogP contribution in [0.1, 0.15) is 22.3 Å². The Morgan fingerprint density at radius 2 is 0.906 bits per heavy atom. The van der Waals surface area contributed by atoms with Crippen LogP contribution in [0.4, 0.5) is 0 Å². The third-order valence-electron chi connectivity index (χ3n) is 11.5. The minimum atomic E-state index is 0. The first kappa shape index (κ1) is 42.0. The predicted octanol–water partition coefficient (Wildman–Crippen LogP) is 13.0. The maximum atomic E-state index is 4.78. The van der Waals surface area contributed by atoms with E-state index in [0.29, 0.717) is 0 Å². The standard InChI is InChI=1S/C58H42N5.Ir/c1-2-10-46(11-3-1)47-27-29-48(30-28-47)54-39-51(57-14-6-9-35-62-57)31-32-53(54)58-40-59-41-63(58)52-37-44(17-15-42-19-23-49(24-20-42)55-12-4-7-33-60-55)36-45(38-52)18-16-43-21-25-50(26-22-43)56-13-5-8-34-61-56;/h1-14,19-23,25,27-30,32-41H,15-18H2;/q-3;+3. The van der Waals surface area contributed by atoms with Crippen molar-refractivity contribution in [3.63, 3.8) is 0 Å². The van der Waals surface area contributed by atoms with Crippen LogP contribution in [0.5, 0.6) is 0 Å². The van der Waals surface area contributed by atoms with Crippen molar-refractivity contribution in [2.75, 3.05) is 0 Å². The van der Waals surface area contributed by atoms with E-state index in [-0.39, 0.29) is 20.1 Å². The number of hydrogen-bond acceptors (Lipinski definition) is 4. The maximum absolute atomic E-state index is 4.78. The number of nitrogens with zero attached hydrogens (tertiary/aromatic N) is 5. The van der Waals surface area contributed by atoms with Gasteiger partial charge in [0.1, 0.15) is 0 Å². The Labute approximate surface area is 388 Å². The van der Waals surface area contributed by atoms with Gasteiger partial charge in [0.25, 0.3) is 0 Å². The second-order valence-corrected chi connectivity index (χ2v) is 15.6. The Morgan fingerprint density at radius 1 is 0.406 bits per heavy atom. The van der Waals surface area contributed by atoms with Gasteiger partial charge in [-0.25, -0.2) is 4.98 Å². The van der Waals surface area contributed by atoms with Crippen LogP contribution in [0.3, 0.4) is 0 Å².